The van der Waals surface area contributed by atoms with E-state index in [1.54, 1.807) is 12.1 Å². The van der Waals surface area contributed by atoms with E-state index in [4.69, 9.17) is 0 Å². The molecule has 4 heteroatoms. The summed E-state index contributed by atoms with van der Waals surface area (Å²) in [5.41, 5.74) is 2.22. The second-order valence-electron chi connectivity index (χ2n) is 4.91. The van der Waals surface area contributed by atoms with Gasteiger partial charge < -0.3 is 4.90 Å². The van der Waals surface area contributed by atoms with E-state index in [1.807, 2.05) is 23.1 Å². The van der Waals surface area contributed by atoms with Crippen LogP contribution in [-0.2, 0) is 6.42 Å². The van der Waals surface area contributed by atoms with Crippen LogP contribution in [-0.4, -0.2) is 18.2 Å². The van der Waals surface area contributed by atoms with Gasteiger partial charge in [0.05, 0.1) is 9.75 Å². The van der Waals surface area contributed by atoms with Gasteiger partial charge in [-0.25, -0.2) is 0 Å². The Morgan fingerprint density at radius 3 is 2.60 bits per heavy atom. The van der Waals surface area contributed by atoms with E-state index in [9.17, 15) is 9.59 Å². The molecule has 1 aliphatic heterocycles. The lowest BCUT2D eigenvalue weighted by Gasteiger charge is -2.29. The highest BCUT2D eigenvalue weighted by Crippen LogP contribution is 2.29. The van der Waals surface area contributed by atoms with Gasteiger partial charge in [0, 0.05) is 12.2 Å². The van der Waals surface area contributed by atoms with Crippen LogP contribution in [0, 0.1) is 0 Å². The molecule has 1 amide bonds. The Balaban J connectivity index is 1.93. The molecule has 0 aliphatic carbocycles. The van der Waals surface area contributed by atoms with Gasteiger partial charge in [-0.3, -0.25) is 9.59 Å². The Labute approximate surface area is 121 Å². The summed E-state index contributed by atoms with van der Waals surface area (Å²) in [5.74, 6) is 0.00254. The van der Waals surface area contributed by atoms with Crippen molar-refractivity contribution in [3.05, 3.63) is 51.7 Å². The Bertz CT molecular complexity index is 675. The summed E-state index contributed by atoms with van der Waals surface area (Å²) >= 11 is 1.28. The number of nitrogens with zero attached hydrogens (tertiary/aromatic N) is 1. The first-order chi connectivity index (χ1) is 9.66. The molecule has 0 atom stereocenters. The fourth-order valence-corrected chi connectivity index (χ4v) is 3.37. The predicted octanol–water partition coefficient (Wildman–Crippen LogP) is 3.54. The molecule has 1 aromatic heterocycles. The topological polar surface area (TPSA) is 37.4 Å². The van der Waals surface area contributed by atoms with Crippen molar-refractivity contribution in [2.24, 2.45) is 0 Å². The second-order valence-corrected chi connectivity index (χ2v) is 5.99. The van der Waals surface area contributed by atoms with E-state index in [0.717, 1.165) is 25.1 Å². The molecule has 102 valence electrons. The number of hydrogen-bond acceptors (Lipinski definition) is 3. The third-order valence-corrected chi connectivity index (χ3v) is 4.69. The first-order valence-corrected chi connectivity index (χ1v) is 7.49. The Kier molecular flexibility index (Phi) is 3.40. The van der Waals surface area contributed by atoms with Gasteiger partial charge in [-0.15, -0.1) is 11.3 Å². The summed E-state index contributed by atoms with van der Waals surface area (Å²) in [7, 11) is 0. The summed E-state index contributed by atoms with van der Waals surface area (Å²) in [4.78, 5) is 27.1. The minimum absolute atomic E-state index is 0.00495. The summed E-state index contributed by atoms with van der Waals surface area (Å²) < 4.78 is 0. The Hall–Kier alpha value is -1.94. The van der Waals surface area contributed by atoms with Gasteiger partial charge in [-0.1, -0.05) is 18.2 Å². The fraction of sp³-hybridized carbons (Fsp3) is 0.250. The zero-order valence-electron chi connectivity index (χ0n) is 11.3. The van der Waals surface area contributed by atoms with E-state index < -0.39 is 0 Å². The molecular formula is C16H15NO2S. The number of anilines is 1. The molecule has 20 heavy (non-hydrogen) atoms. The highest BCUT2D eigenvalue weighted by Gasteiger charge is 2.24. The van der Waals surface area contributed by atoms with Crippen molar-refractivity contribution in [1.82, 2.24) is 0 Å². The monoisotopic (exact) mass is 285 g/mol. The Morgan fingerprint density at radius 2 is 1.85 bits per heavy atom. The van der Waals surface area contributed by atoms with Crippen LogP contribution in [0.1, 0.15) is 38.3 Å². The average molecular weight is 285 g/mol. The minimum Gasteiger partial charge on any atom is -0.307 e. The normalized spacial score (nSPS) is 13.9. The molecule has 1 aliphatic rings. The first kappa shape index (κ1) is 13.1. The molecule has 3 rings (SSSR count). The summed E-state index contributed by atoms with van der Waals surface area (Å²) in [6, 6.07) is 11.5. The SMILES string of the molecule is CC(=O)c1ccc(C(=O)N2CCCc3ccccc32)s1. The second kappa shape index (κ2) is 5.21. The van der Waals surface area contributed by atoms with E-state index in [0.29, 0.717) is 9.75 Å². The van der Waals surface area contributed by atoms with Gasteiger partial charge in [0.2, 0.25) is 0 Å². The number of thiophene rings is 1. The number of para-hydroxylation sites is 1. The number of ketones is 1. The van der Waals surface area contributed by atoms with Crippen LogP contribution in [0.25, 0.3) is 0 Å². The molecule has 0 fully saturated rings. The molecule has 3 nitrogen and oxygen atoms in total. The first-order valence-electron chi connectivity index (χ1n) is 6.67. The van der Waals surface area contributed by atoms with Crippen molar-refractivity contribution >= 4 is 28.7 Å². The van der Waals surface area contributed by atoms with Crippen molar-refractivity contribution in [2.75, 3.05) is 11.4 Å². The lowest BCUT2D eigenvalue weighted by atomic mass is 10.0. The molecule has 0 saturated heterocycles. The quantitative estimate of drug-likeness (QED) is 0.791. The molecule has 2 aromatic rings. The maximum atomic E-state index is 12.6. The third-order valence-electron chi connectivity index (χ3n) is 3.52. The van der Waals surface area contributed by atoms with Crippen LogP contribution in [0.4, 0.5) is 5.69 Å². The van der Waals surface area contributed by atoms with Crippen LogP contribution >= 0.6 is 11.3 Å². The molecule has 0 bridgehead atoms. The molecule has 0 radical (unpaired) electrons. The molecule has 2 heterocycles. The number of hydrogen-bond donors (Lipinski definition) is 0. The smallest absolute Gasteiger partial charge is 0.268 e. The van der Waals surface area contributed by atoms with E-state index >= 15 is 0 Å². The van der Waals surface area contributed by atoms with Crippen molar-refractivity contribution in [1.29, 1.82) is 0 Å². The zero-order chi connectivity index (χ0) is 14.1. The van der Waals surface area contributed by atoms with Gasteiger partial charge in [0.1, 0.15) is 0 Å². The number of rotatable bonds is 2. The number of amides is 1. The fourth-order valence-electron chi connectivity index (χ4n) is 2.52. The number of fused-ring (bicyclic) bond motifs is 1. The minimum atomic E-state index is -0.00495. The predicted molar refractivity (Wildman–Crippen MR) is 80.8 cm³/mol. The zero-order valence-corrected chi connectivity index (χ0v) is 12.1. The van der Waals surface area contributed by atoms with E-state index in [1.165, 1.54) is 23.8 Å². The highest BCUT2D eigenvalue weighted by molar-refractivity contribution is 7.16. The molecule has 0 unspecified atom stereocenters. The van der Waals surface area contributed by atoms with Gasteiger partial charge >= 0.3 is 0 Å². The lowest BCUT2D eigenvalue weighted by molar-refractivity contribution is 0.0987. The molecule has 0 saturated carbocycles. The van der Waals surface area contributed by atoms with Crippen LogP contribution in [0.5, 0.6) is 0 Å². The van der Waals surface area contributed by atoms with Crippen molar-refractivity contribution in [2.45, 2.75) is 19.8 Å². The van der Waals surface area contributed by atoms with Crippen LogP contribution in [0.3, 0.4) is 0 Å². The standard InChI is InChI=1S/C16H15NO2S/c1-11(18)14-8-9-15(20-14)16(19)17-10-4-6-12-5-2-3-7-13(12)17/h2-3,5,7-9H,4,6,10H2,1H3. The largest absolute Gasteiger partial charge is 0.307 e. The van der Waals surface area contributed by atoms with Crippen LogP contribution in [0.15, 0.2) is 36.4 Å². The number of benzene rings is 1. The number of carbonyl (C=O) groups excluding carboxylic acids is 2. The third kappa shape index (κ3) is 2.27. The van der Waals surface area contributed by atoms with E-state index in [-0.39, 0.29) is 11.7 Å². The van der Waals surface area contributed by atoms with Crippen LogP contribution < -0.4 is 4.90 Å². The molecular weight excluding hydrogens is 270 g/mol. The van der Waals surface area contributed by atoms with Gasteiger partial charge in [0.25, 0.3) is 5.91 Å². The number of aryl methyl sites for hydroxylation is 1. The Morgan fingerprint density at radius 1 is 1.10 bits per heavy atom. The molecule has 0 spiro atoms. The van der Waals surface area contributed by atoms with Crippen molar-refractivity contribution in [3.63, 3.8) is 0 Å². The van der Waals surface area contributed by atoms with Crippen LogP contribution in [0.2, 0.25) is 0 Å². The highest BCUT2D eigenvalue weighted by atomic mass is 32.1. The summed E-state index contributed by atoms with van der Waals surface area (Å²) in [6.45, 7) is 2.26. The van der Waals surface area contributed by atoms with Crippen molar-refractivity contribution < 1.29 is 9.59 Å². The van der Waals surface area contributed by atoms with Gasteiger partial charge in [0.15, 0.2) is 5.78 Å². The summed E-state index contributed by atoms with van der Waals surface area (Å²) in [6.07, 6.45) is 2.00. The van der Waals surface area contributed by atoms with Gasteiger partial charge in [-0.05, 0) is 43.5 Å². The number of carbonyl (C=O) groups is 2. The number of Topliss-reactive ketones (excluding diaryl/α,β-unsaturated/α-hetero) is 1. The summed E-state index contributed by atoms with van der Waals surface area (Å²) in [5, 5.41) is 0. The molecule has 0 N–H and O–H groups in total. The van der Waals surface area contributed by atoms with Crippen molar-refractivity contribution in [3.8, 4) is 0 Å². The lowest BCUT2D eigenvalue weighted by Crippen LogP contribution is -2.34. The molecule has 1 aromatic carbocycles. The maximum absolute atomic E-state index is 12.6. The maximum Gasteiger partial charge on any atom is 0.268 e. The van der Waals surface area contributed by atoms with E-state index in [2.05, 4.69) is 6.07 Å². The van der Waals surface area contributed by atoms with Gasteiger partial charge in [-0.2, -0.15) is 0 Å². The average Bonchev–Trinajstić information content (AvgIpc) is 2.96.